The second kappa shape index (κ2) is 5.02. The zero-order valence-corrected chi connectivity index (χ0v) is 10.3. The number of halogens is 3. The molecule has 2 N–H and O–H groups in total. The van der Waals surface area contributed by atoms with Gasteiger partial charge in [-0.25, -0.2) is 0 Å². The second-order valence-corrected chi connectivity index (χ2v) is 5.94. The number of rotatable bonds is 4. The highest BCUT2D eigenvalue weighted by Gasteiger charge is 2.41. The molecule has 0 aromatic heterocycles. The van der Waals surface area contributed by atoms with Crippen LogP contribution in [-0.2, 0) is 15.0 Å². The van der Waals surface area contributed by atoms with Crippen LogP contribution in [0.15, 0.2) is 0 Å². The topological polar surface area (TPSA) is 86.7 Å². The first-order chi connectivity index (χ1) is 8.03. The third-order valence-corrected chi connectivity index (χ3v) is 4.18. The van der Waals surface area contributed by atoms with Gasteiger partial charge in [0.15, 0.2) is 0 Å². The Morgan fingerprint density at radius 1 is 1.44 bits per heavy atom. The van der Waals surface area contributed by atoms with Crippen molar-refractivity contribution in [2.45, 2.75) is 13.1 Å². The molecule has 0 spiro atoms. The van der Waals surface area contributed by atoms with Crippen LogP contribution in [0.3, 0.4) is 0 Å². The summed E-state index contributed by atoms with van der Waals surface area (Å²) in [7, 11) is -4.29. The second-order valence-electron chi connectivity index (χ2n) is 4.18. The van der Waals surface area contributed by atoms with Crippen LogP contribution in [0.2, 0.25) is 0 Å². The highest BCUT2D eigenvalue weighted by Crippen LogP contribution is 2.25. The van der Waals surface area contributed by atoms with Crippen LogP contribution >= 0.6 is 0 Å². The minimum absolute atomic E-state index is 0.107. The smallest absolute Gasteiger partial charge is 0.402 e. The first kappa shape index (κ1) is 15.2. The van der Waals surface area contributed by atoms with E-state index in [-0.39, 0.29) is 13.1 Å². The molecular weight excluding hydrogens is 277 g/mol. The third-order valence-electron chi connectivity index (χ3n) is 2.69. The molecule has 0 amide bonds. The van der Waals surface area contributed by atoms with Gasteiger partial charge in [-0.05, 0) is 5.92 Å². The minimum Gasteiger partial charge on any atom is -0.481 e. The Labute approximate surface area is 102 Å². The number of nitrogens with one attached hydrogen (secondary N) is 1. The van der Waals surface area contributed by atoms with Gasteiger partial charge >= 0.3 is 12.1 Å². The van der Waals surface area contributed by atoms with Crippen LogP contribution in [0.4, 0.5) is 13.2 Å². The molecule has 1 aliphatic heterocycles. The van der Waals surface area contributed by atoms with Gasteiger partial charge in [-0.1, -0.05) is 6.92 Å². The molecule has 1 saturated heterocycles. The Hall–Kier alpha value is -0.870. The van der Waals surface area contributed by atoms with Crippen LogP contribution in [0, 0.1) is 11.8 Å². The molecule has 106 valence electrons. The summed E-state index contributed by atoms with van der Waals surface area (Å²) in [4.78, 5) is 10.8. The quantitative estimate of drug-likeness (QED) is 0.765. The highest BCUT2D eigenvalue weighted by atomic mass is 32.2. The van der Waals surface area contributed by atoms with Crippen molar-refractivity contribution in [3.63, 3.8) is 0 Å². The van der Waals surface area contributed by atoms with Gasteiger partial charge in [0.2, 0.25) is 0 Å². The molecule has 0 aromatic carbocycles. The fourth-order valence-electron chi connectivity index (χ4n) is 1.70. The summed E-state index contributed by atoms with van der Waals surface area (Å²) in [5.41, 5.74) is 0. The van der Waals surface area contributed by atoms with Crippen LogP contribution in [-0.4, -0.2) is 49.6 Å². The first-order valence-electron chi connectivity index (χ1n) is 5.07. The van der Waals surface area contributed by atoms with Crippen LogP contribution < -0.4 is 4.72 Å². The van der Waals surface area contributed by atoms with Crippen LogP contribution in [0.1, 0.15) is 6.92 Å². The summed E-state index contributed by atoms with van der Waals surface area (Å²) >= 11 is 0. The van der Waals surface area contributed by atoms with E-state index in [1.807, 2.05) is 0 Å². The van der Waals surface area contributed by atoms with E-state index in [1.165, 1.54) is 11.6 Å². The fraction of sp³-hybridized carbons (Fsp3) is 0.875. The Morgan fingerprint density at radius 3 is 2.39 bits per heavy atom. The molecule has 0 saturated carbocycles. The summed E-state index contributed by atoms with van der Waals surface area (Å²) in [5, 5.41) is 8.80. The summed E-state index contributed by atoms with van der Waals surface area (Å²) in [6.07, 6.45) is -4.65. The van der Waals surface area contributed by atoms with Crippen molar-refractivity contribution in [1.29, 1.82) is 0 Å². The Kier molecular flexibility index (Phi) is 4.23. The van der Waals surface area contributed by atoms with Gasteiger partial charge in [0.05, 0.1) is 5.92 Å². The minimum atomic E-state index is -4.65. The van der Waals surface area contributed by atoms with E-state index in [2.05, 4.69) is 0 Å². The Balaban J connectivity index is 2.68. The predicted octanol–water partition coefficient (Wildman–Crippen LogP) is 0.0356. The van der Waals surface area contributed by atoms with Crippen molar-refractivity contribution in [3.05, 3.63) is 0 Å². The lowest BCUT2D eigenvalue weighted by Gasteiger charge is -2.17. The van der Waals surface area contributed by atoms with E-state index in [1.54, 1.807) is 0 Å². The van der Waals surface area contributed by atoms with E-state index in [9.17, 15) is 26.4 Å². The molecule has 1 fully saturated rings. The van der Waals surface area contributed by atoms with Gasteiger partial charge in [0.1, 0.15) is 6.54 Å². The molecule has 0 radical (unpaired) electrons. The van der Waals surface area contributed by atoms with Crippen LogP contribution in [0.5, 0.6) is 0 Å². The highest BCUT2D eigenvalue weighted by molar-refractivity contribution is 7.87. The van der Waals surface area contributed by atoms with Crippen molar-refractivity contribution >= 4 is 16.2 Å². The predicted molar refractivity (Wildman–Crippen MR) is 54.8 cm³/mol. The van der Waals surface area contributed by atoms with E-state index < -0.39 is 40.7 Å². The number of hydrogen-bond donors (Lipinski definition) is 2. The molecule has 1 heterocycles. The molecule has 1 rings (SSSR count). The van der Waals surface area contributed by atoms with Crippen molar-refractivity contribution < 1.29 is 31.5 Å². The monoisotopic (exact) mass is 290 g/mol. The number of aliphatic carboxylic acids is 1. The number of carboxylic acids is 1. The Bertz CT molecular complexity index is 423. The maximum absolute atomic E-state index is 11.9. The summed E-state index contributed by atoms with van der Waals surface area (Å²) in [5.74, 6) is -2.49. The molecule has 1 aliphatic rings. The molecule has 10 heteroatoms. The van der Waals surface area contributed by atoms with Crippen molar-refractivity contribution in [2.75, 3.05) is 19.6 Å². The average Bonchev–Trinajstić information content (AvgIpc) is 2.57. The zero-order chi connectivity index (χ0) is 14.1. The lowest BCUT2D eigenvalue weighted by atomic mass is 9.99. The van der Waals surface area contributed by atoms with Gasteiger partial charge in [-0.2, -0.15) is 30.6 Å². The summed E-state index contributed by atoms with van der Waals surface area (Å²) in [6, 6.07) is 0. The lowest BCUT2D eigenvalue weighted by Crippen LogP contribution is -2.43. The molecule has 6 nitrogen and oxygen atoms in total. The van der Waals surface area contributed by atoms with E-state index in [4.69, 9.17) is 5.11 Å². The normalized spacial score (nSPS) is 26.4. The van der Waals surface area contributed by atoms with Gasteiger partial charge in [0, 0.05) is 13.1 Å². The van der Waals surface area contributed by atoms with Gasteiger partial charge in [0.25, 0.3) is 10.2 Å². The average molecular weight is 290 g/mol. The molecule has 2 unspecified atom stereocenters. The van der Waals surface area contributed by atoms with Gasteiger partial charge in [-0.3, -0.25) is 4.79 Å². The third kappa shape index (κ3) is 3.82. The first-order valence-corrected chi connectivity index (χ1v) is 6.51. The Morgan fingerprint density at radius 2 is 2.00 bits per heavy atom. The molecule has 0 bridgehead atoms. The molecule has 0 aromatic rings. The zero-order valence-electron chi connectivity index (χ0n) is 9.44. The van der Waals surface area contributed by atoms with Crippen molar-refractivity contribution in [3.8, 4) is 0 Å². The molecule has 18 heavy (non-hydrogen) atoms. The number of nitrogens with zero attached hydrogens (tertiary/aromatic N) is 1. The van der Waals surface area contributed by atoms with Crippen LogP contribution in [0.25, 0.3) is 0 Å². The van der Waals surface area contributed by atoms with E-state index >= 15 is 0 Å². The number of alkyl halides is 3. The van der Waals surface area contributed by atoms with E-state index in [0.717, 1.165) is 4.31 Å². The molecule has 2 atom stereocenters. The maximum atomic E-state index is 11.9. The van der Waals surface area contributed by atoms with Gasteiger partial charge in [-0.15, -0.1) is 0 Å². The molecule has 0 aliphatic carbocycles. The SMILES string of the molecule is CC1CN(S(=O)(=O)NCC(F)(F)F)CC1C(=O)O. The number of hydrogen-bond acceptors (Lipinski definition) is 3. The maximum Gasteiger partial charge on any atom is 0.402 e. The number of carboxylic acid groups (broad SMARTS) is 1. The largest absolute Gasteiger partial charge is 0.481 e. The standard InChI is InChI=1S/C8H13F3N2O4S/c1-5-2-13(3-6(5)7(14)15)18(16,17)12-4-8(9,10)11/h5-6,12H,2-4H2,1H3,(H,14,15). The summed E-state index contributed by atoms with van der Waals surface area (Å²) in [6.45, 7) is -0.552. The van der Waals surface area contributed by atoms with Crippen molar-refractivity contribution in [1.82, 2.24) is 9.03 Å². The lowest BCUT2D eigenvalue weighted by molar-refractivity contribution is -0.142. The summed E-state index contributed by atoms with van der Waals surface area (Å²) < 4.78 is 60.9. The van der Waals surface area contributed by atoms with Gasteiger partial charge < -0.3 is 5.11 Å². The van der Waals surface area contributed by atoms with E-state index in [0.29, 0.717) is 0 Å². The number of carbonyl (C=O) groups is 1. The molecular formula is C8H13F3N2O4S. The van der Waals surface area contributed by atoms with Crippen molar-refractivity contribution in [2.24, 2.45) is 11.8 Å². The fourth-order valence-corrected chi connectivity index (χ4v) is 3.02.